The predicted molar refractivity (Wildman–Crippen MR) is 126 cm³/mol. The van der Waals surface area contributed by atoms with Crippen molar-refractivity contribution < 1.29 is 13.9 Å². The van der Waals surface area contributed by atoms with Crippen LogP contribution in [-0.2, 0) is 17.8 Å². The molecule has 7 nitrogen and oxygen atoms in total. The van der Waals surface area contributed by atoms with Gasteiger partial charge in [0, 0.05) is 10.4 Å². The van der Waals surface area contributed by atoms with Gasteiger partial charge in [0.25, 0.3) is 11.1 Å². The molecule has 1 N–H and O–H groups in total. The van der Waals surface area contributed by atoms with Gasteiger partial charge in [-0.25, -0.2) is 4.98 Å². The van der Waals surface area contributed by atoms with E-state index in [0.29, 0.717) is 16.2 Å². The number of hydrogen-bond donors (Lipinski definition) is 1. The van der Waals surface area contributed by atoms with E-state index < -0.39 is 0 Å². The van der Waals surface area contributed by atoms with Crippen LogP contribution in [0.25, 0.3) is 11.3 Å². The minimum absolute atomic E-state index is 0.139. The maximum atomic E-state index is 12.3. The number of hydrogen-bond acceptors (Lipinski definition) is 8. The van der Waals surface area contributed by atoms with E-state index in [9.17, 15) is 4.79 Å². The molecule has 9 heteroatoms. The number of carbonyl (C=O) groups is 1. The number of aromatic nitrogens is 3. The summed E-state index contributed by atoms with van der Waals surface area (Å²) in [4.78, 5) is 17.9. The molecule has 2 heterocycles. The van der Waals surface area contributed by atoms with Gasteiger partial charge in [0.1, 0.15) is 5.75 Å². The van der Waals surface area contributed by atoms with Crippen molar-refractivity contribution >= 4 is 34.1 Å². The summed E-state index contributed by atoms with van der Waals surface area (Å²) in [7, 11) is 0. The van der Waals surface area contributed by atoms with Gasteiger partial charge in [0.2, 0.25) is 5.91 Å². The van der Waals surface area contributed by atoms with Crippen molar-refractivity contribution in [2.75, 3.05) is 11.1 Å². The Kier molecular flexibility index (Phi) is 7.18. The summed E-state index contributed by atoms with van der Waals surface area (Å²) in [6.45, 7) is 4.27. The van der Waals surface area contributed by atoms with E-state index in [1.165, 1.54) is 28.7 Å². The molecular weight excluding hydrogens is 444 g/mol. The zero-order valence-corrected chi connectivity index (χ0v) is 19.3. The SMILES string of the molecule is CCc1ccc(OCc2nnc(SCC(=O)Nc3nc(-c4ccccc4)c(C)s3)o2)cc1. The molecule has 0 atom stereocenters. The van der Waals surface area contributed by atoms with Gasteiger partial charge in [-0.05, 0) is 31.0 Å². The first-order valence-corrected chi connectivity index (χ1v) is 11.9. The monoisotopic (exact) mass is 466 g/mol. The Labute approximate surface area is 194 Å². The number of anilines is 1. The van der Waals surface area contributed by atoms with E-state index in [1.807, 2.05) is 61.5 Å². The second-order valence-electron chi connectivity index (χ2n) is 6.87. The first-order valence-electron chi connectivity index (χ1n) is 10.1. The van der Waals surface area contributed by atoms with Crippen LogP contribution in [0.4, 0.5) is 5.13 Å². The fourth-order valence-corrected chi connectivity index (χ4v) is 4.35. The topological polar surface area (TPSA) is 90.1 Å². The maximum Gasteiger partial charge on any atom is 0.277 e. The molecule has 4 aromatic rings. The number of benzene rings is 2. The van der Waals surface area contributed by atoms with E-state index in [1.54, 1.807) is 0 Å². The zero-order chi connectivity index (χ0) is 22.3. The Morgan fingerprint density at radius 3 is 2.66 bits per heavy atom. The Hall–Kier alpha value is -3.17. The van der Waals surface area contributed by atoms with Crippen molar-refractivity contribution in [1.82, 2.24) is 15.2 Å². The lowest BCUT2D eigenvalue weighted by molar-refractivity contribution is -0.113. The summed E-state index contributed by atoms with van der Waals surface area (Å²) in [6.07, 6.45) is 0.981. The number of aryl methyl sites for hydroxylation is 2. The van der Waals surface area contributed by atoms with E-state index in [2.05, 4.69) is 27.4 Å². The third-order valence-corrected chi connectivity index (χ3v) is 6.26. The van der Waals surface area contributed by atoms with Crippen LogP contribution in [0.15, 0.2) is 64.2 Å². The zero-order valence-electron chi connectivity index (χ0n) is 17.7. The molecule has 0 fully saturated rings. The molecule has 0 aliphatic carbocycles. The molecule has 0 bridgehead atoms. The third kappa shape index (κ3) is 5.74. The lowest BCUT2D eigenvalue weighted by Crippen LogP contribution is -2.13. The number of thioether (sulfide) groups is 1. The van der Waals surface area contributed by atoms with Crippen molar-refractivity contribution in [2.24, 2.45) is 0 Å². The van der Waals surface area contributed by atoms with Gasteiger partial charge < -0.3 is 14.5 Å². The number of rotatable bonds is 9. The van der Waals surface area contributed by atoms with Gasteiger partial charge in [-0.1, -0.05) is 61.2 Å². The number of nitrogens with zero attached hydrogens (tertiary/aromatic N) is 3. The second kappa shape index (κ2) is 10.4. The first kappa shape index (κ1) is 22.0. The van der Waals surface area contributed by atoms with Gasteiger partial charge in [-0.15, -0.1) is 21.5 Å². The van der Waals surface area contributed by atoms with Gasteiger partial charge in [-0.2, -0.15) is 0 Å². The summed E-state index contributed by atoms with van der Waals surface area (Å²) in [5.74, 6) is 1.05. The number of carbonyl (C=O) groups excluding carboxylic acids is 1. The fourth-order valence-electron chi connectivity index (χ4n) is 2.92. The van der Waals surface area contributed by atoms with E-state index in [-0.39, 0.29) is 18.3 Å². The molecule has 1 amide bonds. The van der Waals surface area contributed by atoms with Gasteiger partial charge >= 0.3 is 0 Å². The highest BCUT2D eigenvalue weighted by Crippen LogP contribution is 2.30. The number of amides is 1. The number of nitrogens with one attached hydrogen (secondary N) is 1. The Bertz CT molecular complexity index is 1170. The third-order valence-electron chi connectivity index (χ3n) is 4.56. The molecule has 0 aliphatic rings. The average molecular weight is 467 g/mol. The lowest BCUT2D eigenvalue weighted by Gasteiger charge is -2.03. The van der Waals surface area contributed by atoms with E-state index >= 15 is 0 Å². The smallest absolute Gasteiger partial charge is 0.277 e. The Morgan fingerprint density at radius 2 is 1.91 bits per heavy atom. The highest BCUT2D eigenvalue weighted by Gasteiger charge is 2.14. The molecule has 0 unspecified atom stereocenters. The Morgan fingerprint density at radius 1 is 1.12 bits per heavy atom. The predicted octanol–water partition coefficient (Wildman–Crippen LogP) is 5.37. The fraction of sp³-hybridized carbons (Fsp3) is 0.217. The van der Waals surface area contributed by atoms with E-state index in [4.69, 9.17) is 9.15 Å². The van der Waals surface area contributed by atoms with Crippen molar-refractivity contribution in [3.8, 4) is 17.0 Å². The maximum absolute atomic E-state index is 12.3. The summed E-state index contributed by atoms with van der Waals surface area (Å²) in [5.41, 5.74) is 3.15. The quantitative estimate of drug-likeness (QED) is 0.332. The molecule has 0 aliphatic heterocycles. The molecule has 4 rings (SSSR count). The van der Waals surface area contributed by atoms with Crippen molar-refractivity contribution in [3.05, 3.63) is 70.9 Å². The largest absolute Gasteiger partial charge is 0.484 e. The highest BCUT2D eigenvalue weighted by molar-refractivity contribution is 7.99. The molecule has 0 saturated carbocycles. The van der Waals surface area contributed by atoms with Crippen molar-refractivity contribution in [3.63, 3.8) is 0 Å². The summed E-state index contributed by atoms with van der Waals surface area (Å²) in [5, 5.41) is 11.7. The normalized spacial score (nSPS) is 10.8. The second-order valence-corrected chi connectivity index (χ2v) is 9.00. The van der Waals surface area contributed by atoms with Crippen LogP contribution in [0.3, 0.4) is 0 Å². The standard InChI is InChI=1S/C23H22N4O3S2/c1-3-16-9-11-18(12-10-16)29-13-20-26-27-23(30-20)31-14-19(28)24-22-25-21(15(2)32-22)17-7-5-4-6-8-17/h4-12H,3,13-14H2,1-2H3,(H,24,25,28). The summed E-state index contributed by atoms with van der Waals surface area (Å²) < 4.78 is 11.2. The first-order chi connectivity index (χ1) is 15.6. The van der Waals surface area contributed by atoms with Crippen LogP contribution in [0.5, 0.6) is 5.75 Å². The van der Waals surface area contributed by atoms with Crippen molar-refractivity contribution in [2.45, 2.75) is 32.1 Å². The molecule has 0 spiro atoms. The van der Waals surface area contributed by atoms with Gasteiger partial charge in [-0.3, -0.25) is 4.79 Å². The number of thiazole rings is 1. The lowest BCUT2D eigenvalue weighted by atomic mass is 10.1. The van der Waals surface area contributed by atoms with Gasteiger partial charge in [0.05, 0.1) is 11.4 Å². The van der Waals surface area contributed by atoms with Crippen LogP contribution < -0.4 is 10.1 Å². The summed E-state index contributed by atoms with van der Waals surface area (Å²) >= 11 is 2.62. The van der Waals surface area contributed by atoms with Crippen molar-refractivity contribution in [1.29, 1.82) is 0 Å². The minimum Gasteiger partial charge on any atom is -0.484 e. The molecule has 0 radical (unpaired) electrons. The molecule has 32 heavy (non-hydrogen) atoms. The van der Waals surface area contributed by atoms with Crippen LogP contribution in [0.1, 0.15) is 23.3 Å². The van der Waals surface area contributed by atoms with E-state index in [0.717, 1.165) is 28.3 Å². The molecule has 164 valence electrons. The van der Waals surface area contributed by atoms with Crippen LogP contribution >= 0.6 is 23.1 Å². The van der Waals surface area contributed by atoms with Crippen LogP contribution in [-0.4, -0.2) is 26.8 Å². The highest BCUT2D eigenvalue weighted by atomic mass is 32.2. The molecule has 0 saturated heterocycles. The molecule has 2 aromatic heterocycles. The molecule has 2 aromatic carbocycles. The average Bonchev–Trinajstić information content (AvgIpc) is 3.43. The minimum atomic E-state index is -0.185. The number of ether oxygens (including phenoxy) is 1. The van der Waals surface area contributed by atoms with Crippen LogP contribution in [0, 0.1) is 6.92 Å². The molecular formula is C23H22N4O3S2. The van der Waals surface area contributed by atoms with Crippen LogP contribution in [0.2, 0.25) is 0 Å². The summed E-state index contributed by atoms with van der Waals surface area (Å²) in [6, 6.07) is 17.8. The Balaban J connectivity index is 1.26. The van der Waals surface area contributed by atoms with Gasteiger partial charge in [0.15, 0.2) is 11.7 Å².